The molecule has 7 nitrogen and oxygen atoms in total. The van der Waals surface area contributed by atoms with Gasteiger partial charge in [-0.3, -0.25) is 9.52 Å². The molecule has 0 aliphatic rings. The molecule has 0 unspecified atom stereocenters. The van der Waals surface area contributed by atoms with E-state index in [4.69, 9.17) is 4.52 Å². The van der Waals surface area contributed by atoms with Gasteiger partial charge in [-0.05, 0) is 72.3 Å². The fourth-order valence-corrected chi connectivity index (χ4v) is 4.10. The predicted molar refractivity (Wildman–Crippen MR) is 110 cm³/mol. The summed E-state index contributed by atoms with van der Waals surface area (Å²) in [5, 5.41) is 6.25. The van der Waals surface area contributed by atoms with Crippen LogP contribution in [0.1, 0.15) is 21.8 Å². The minimum Gasteiger partial charge on any atom is -0.361 e. The molecule has 0 aliphatic carbocycles. The molecule has 0 fully saturated rings. The number of aryl methyl sites for hydroxylation is 2. The third-order valence-corrected chi connectivity index (χ3v) is 5.93. The number of carbonyl (C=O) groups excluding carboxylic acids is 1. The molecule has 27 heavy (non-hydrogen) atoms. The van der Waals surface area contributed by atoms with Gasteiger partial charge in [0.15, 0.2) is 5.69 Å². The summed E-state index contributed by atoms with van der Waals surface area (Å²) < 4.78 is 33.7. The van der Waals surface area contributed by atoms with Crippen LogP contribution in [-0.2, 0) is 10.0 Å². The number of hydrogen-bond acceptors (Lipinski definition) is 5. The number of rotatable bonds is 5. The molecule has 0 radical (unpaired) electrons. The van der Waals surface area contributed by atoms with Crippen LogP contribution in [0.4, 0.5) is 11.4 Å². The van der Waals surface area contributed by atoms with Crippen LogP contribution >= 0.6 is 22.6 Å². The molecule has 0 saturated heterocycles. The molecule has 3 aromatic rings. The second-order valence-corrected chi connectivity index (χ2v) is 8.74. The number of nitrogens with one attached hydrogen (secondary N) is 2. The highest BCUT2D eigenvalue weighted by Crippen LogP contribution is 2.24. The molecule has 1 aromatic heterocycles. The molecule has 0 spiro atoms. The second-order valence-electron chi connectivity index (χ2n) is 5.89. The number of benzene rings is 2. The maximum Gasteiger partial charge on any atom is 0.277 e. The number of carbonyl (C=O) groups is 1. The fourth-order valence-electron chi connectivity index (χ4n) is 2.33. The number of anilines is 2. The van der Waals surface area contributed by atoms with Crippen molar-refractivity contribution in [3.05, 3.63) is 69.1 Å². The van der Waals surface area contributed by atoms with Gasteiger partial charge in [-0.15, -0.1) is 0 Å². The number of halogens is 1. The Morgan fingerprint density at radius 2 is 1.89 bits per heavy atom. The summed E-state index contributed by atoms with van der Waals surface area (Å²) >= 11 is 2.07. The Morgan fingerprint density at radius 3 is 2.59 bits per heavy atom. The lowest BCUT2D eigenvalue weighted by Crippen LogP contribution is -2.15. The zero-order chi connectivity index (χ0) is 19.6. The molecule has 0 atom stereocenters. The molecule has 0 saturated carbocycles. The third-order valence-electron chi connectivity index (χ3n) is 3.63. The van der Waals surface area contributed by atoms with Crippen molar-refractivity contribution < 1.29 is 17.7 Å². The van der Waals surface area contributed by atoms with Crippen LogP contribution in [0, 0.1) is 17.4 Å². The Labute approximate surface area is 170 Å². The minimum absolute atomic E-state index is 0.0361. The maximum atomic E-state index is 12.7. The molecule has 1 heterocycles. The van der Waals surface area contributed by atoms with Crippen molar-refractivity contribution >= 4 is 49.9 Å². The number of sulfonamides is 1. The SMILES string of the molecule is Cc1ccc(I)c(NS(=O)(=O)c2cccc(NC(=O)c3cc(C)on3)c2)c1. The standard InChI is InChI=1S/C18H16IN3O4S/c1-11-6-7-15(19)16(8-11)22-27(24,25)14-5-3-4-13(10-14)20-18(23)17-9-12(2)26-21-17/h3-10,22H,1-2H3,(H,20,23). The predicted octanol–water partition coefficient (Wildman–Crippen LogP) is 3.95. The molecule has 140 valence electrons. The number of amides is 1. The molecule has 2 N–H and O–H groups in total. The van der Waals surface area contributed by atoms with Crippen molar-refractivity contribution in [1.82, 2.24) is 5.16 Å². The summed E-state index contributed by atoms with van der Waals surface area (Å²) in [6.45, 7) is 3.56. The van der Waals surface area contributed by atoms with Crippen molar-refractivity contribution in [3.8, 4) is 0 Å². The van der Waals surface area contributed by atoms with Crippen LogP contribution in [0.5, 0.6) is 0 Å². The van der Waals surface area contributed by atoms with Crippen LogP contribution in [0.25, 0.3) is 0 Å². The number of nitrogens with zero attached hydrogens (tertiary/aromatic N) is 1. The highest BCUT2D eigenvalue weighted by atomic mass is 127. The average molecular weight is 497 g/mol. The van der Waals surface area contributed by atoms with Gasteiger partial charge in [-0.1, -0.05) is 17.3 Å². The van der Waals surface area contributed by atoms with E-state index >= 15 is 0 Å². The van der Waals surface area contributed by atoms with Gasteiger partial charge in [-0.25, -0.2) is 8.42 Å². The van der Waals surface area contributed by atoms with Crippen molar-refractivity contribution in [1.29, 1.82) is 0 Å². The van der Waals surface area contributed by atoms with E-state index in [1.807, 2.05) is 19.1 Å². The van der Waals surface area contributed by atoms with Gasteiger partial charge >= 0.3 is 0 Å². The topological polar surface area (TPSA) is 101 Å². The van der Waals surface area contributed by atoms with Gasteiger partial charge in [0.2, 0.25) is 0 Å². The lowest BCUT2D eigenvalue weighted by atomic mass is 10.2. The highest BCUT2D eigenvalue weighted by molar-refractivity contribution is 14.1. The molecular formula is C18H16IN3O4S. The van der Waals surface area contributed by atoms with Crippen molar-refractivity contribution in [3.63, 3.8) is 0 Å². The number of hydrogen-bond donors (Lipinski definition) is 2. The van der Waals surface area contributed by atoms with Crippen LogP contribution in [0.2, 0.25) is 0 Å². The smallest absolute Gasteiger partial charge is 0.277 e. The largest absolute Gasteiger partial charge is 0.361 e. The zero-order valence-corrected chi connectivity index (χ0v) is 17.5. The molecular weight excluding hydrogens is 481 g/mol. The Bertz CT molecular complexity index is 1110. The first kappa shape index (κ1) is 19.4. The van der Waals surface area contributed by atoms with Crippen molar-refractivity contribution in [2.24, 2.45) is 0 Å². The quantitative estimate of drug-likeness (QED) is 0.520. The highest BCUT2D eigenvalue weighted by Gasteiger charge is 2.17. The molecule has 9 heteroatoms. The molecule has 0 bridgehead atoms. The van der Waals surface area contributed by atoms with Gasteiger partial charge in [-0.2, -0.15) is 0 Å². The normalized spacial score (nSPS) is 11.2. The lowest BCUT2D eigenvalue weighted by Gasteiger charge is -2.12. The third kappa shape index (κ3) is 4.66. The Hall–Kier alpha value is -2.40. The lowest BCUT2D eigenvalue weighted by molar-refractivity contribution is 0.101. The molecule has 2 aromatic carbocycles. The molecule has 1 amide bonds. The van der Waals surface area contributed by atoms with Crippen LogP contribution in [0.15, 0.2) is 57.9 Å². The van der Waals surface area contributed by atoms with Crippen LogP contribution in [0.3, 0.4) is 0 Å². The molecule has 3 rings (SSSR count). The van der Waals surface area contributed by atoms with Crippen LogP contribution in [-0.4, -0.2) is 19.5 Å². The van der Waals surface area contributed by atoms with Gasteiger partial charge in [0.1, 0.15) is 5.76 Å². The van der Waals surface area contributed by atoms with Gasteiger partial charge in [0.05, 0.1) is 10.6 Å². The first-order chi connectivity index (χ1) is 12.7. The zero-order valence-electron chi connectivity index (χ0n) is 14.5. The summed E-state index contributed by atoms with van der Waals surface area (Å²) in [5.74, 6) is 0.0241. The van der Waals surface area contributed by atoms with E-state index < -0.39 is 15.9 Å². The number of aromatic nitrogens is 1. The molecule has 0 aliphatic heterocycles. The first-order valence-corrected chi connectivity index (χ1v) is 10.4. The monoisotopic (exact) mass is 497 g/mol. The summed E-state index contributed by atoms with van der Waals surface area (Å²) in [6.07, 6.45) is 0. The summed E-state index contributed by atoms with van der Waals surface area (Å²) in [5.41, 5.74) is 1.90. The van der Waals surface area contributed by atoms with Crippen molar-refractivity contribution in [2.75, 3.05) is 10.0 Å². The minimum atomic E-state index is -3.81. The summed E-state index contributed by atoms with van der Waals surface area (Å²) in [6, 6.07) is 13.0. The van der Waals surface area contributed by atoms with E-state index in [2.05, 4.69) is 37.8 Å². The van der Waals surface area contributed by atoms with Crippen LogP contribution < -0.4 is 10.0 Å². The van der Waals surface area contributed by atoms with E-state index in [-0.39, 0.29) is 10.6 Å². The Morgan fingerprint density at radius 1 is 1.11 bits per heavy atom. The fraction of sp³-hybridized carbons (Fsp3) is 0.111. The van der Waals surface area contributed by atoms with Crippen molar-refractivity contribution in [2.45, 2.75) is 18.7 Å². The van der Waals surface area contributed by atoms with Gasteiger partial charge in [0, 0.05) is 15.3 Å². The summed E-state index contributed by atoms with van der Waals surface area (Å²) in [4.78, 5) is 12.2. The average Bonchev–Trinajstić information content (AvgIpc) is 3.05. The second kappa shape index (κ2) is 7.69. The first-order valence-electron chi connectivity index (χ1n) is 7.88. The Kier molecular flexibility index (Phi) is 5.51. The van der Waals surface area contributed by atoms with Gasteiger partial charge in [0.25, 0.3) is 15.9 Å². The Balaban J connectivity index is 1.83. The maximum absolute atomic E-state index is 12.7. The van der Waals surface area contributed by atoms with E-state index in [0.29, 0.717) is 17.1 Å². The van der Waals surface area contributed by atoms with E-state index in [1.54, 1.807) is 25.1 Å². The van der Waals surface area contributed by atoms with E-state index in [9.17, 15) is 13.2 Å². The van der Waals surface area contributed by atoms with Gasteiger partial charge < -0.3 is 9.84 Å². The summed E-state index contributed by atoms with van der Waals surface area (Å²) in [7, 11) is -3.81. The van der Waals surface area contributed by atoms with E-state index in [0.717, 1.165) is 9.13 Å². The van der Waals surface area contributed by atoms with E-state index in [1.165, 1.54) is 18.2 Å².